The Labute approximate surface area is 682 Å². The molecule has 40 heteroatoms. The molecule has 6 aromatic heterocycles. The number of amides is 2. The molecular formula is C67H95BBr5IN20O13. The normalized spacial score (nSPS) is 11.9. The number of ether oxygens (including phenoxy) is 3. The van der Waals surface area contributed by atoms with Gasteiger partial charge in [-0.25, -0.2) is 69.4 Å². The number of carbonyl (C=O) groups is 3. The number of aromatic nitrogens is 12. The molecule has 0 aliphatic carbocycles. The van der Waals surface area contributed by atoms with Crippen LogP contribution in [0.2, 0.25) is 0 Å². The van der Waals surface area contributed by atoms with E-state index in [0.29, 0.717) is 47.1 Å². The molecule has 5 atom stereocenters. The highest BCUT2D eigenvalue weighted by Crippen LogP contribution is 2.24. The predicted molar refractivity (Wildman–Crippen MR) is 438 cm³/mol. The fourth-order valence-corrected chi connectivity index (χ4v) is 7.82. The smallest absolute Gasteiger partial charge is 0.444 e. The number of hydrogen-bond acceptors (Lipinski definition) is 27. The molecule has 7 heterocycles. The Balaban J connectivity index is -0.000000583. The van der Waals surface area contributed by atoms with Crippen LogP contribution in [-0.4, -0.2) is 135 Å². The summed E-state index contributed by atoms with van der Waals surface area (Å²) in [5, 5.41) is 56.2. The number of aliphatic hydroxyl groups is 1. The van der Waals surface area contributed by atoms with Crippen molar-refractivity contribution in [2.75, 3.05) is 13.2 Å². The fourth-order valence-electron chi connectivity index (χ4n) is 6.52. The van der Waals surface area contributed by atoms with E-state index in [9.17, 15) is 29.8 Å². The summed E-state index contributed by atoms with van der Waals surface area (Å²) >= 11 is 18.1. The molecule has 586 valence electrons. The van der Waals surface area contributed by atoms with E-state index in [0.717, 1.165) is 51.8 Å². The van der Waals surface area contributed by atoms with Gasteiger partial charge in [0.2, 0.25) is 0 Å². The number of aliphatic hydroxyl groups excluding tert-OH is 1. The quantitative estimate of drug-likeness (QED) is 0.00761. The molecule has 7 N–H and O–H groups in total. The van der Waals surface area contributed by atoms with Crippen molar-refractivity contribution in [1.82, 2.24) is 70.4 Å². The van der Waals surface area contributed by atoms with Gasteiger partial charge in [-0.3, -0.25) is 20.2 Å². The summed E-state index contributed by atoms with van der Waals surface area (Å²) in [6.07, 6.45) is 21.3. The Morgan fingerprint density at radius 1 is 0.636 bits per heavy atom. The Morgan fingerprint density at radius 3 is 1.27 bits per heavy atom. The van der Waals surface area contributed by atoms with Crippen LogP contribution in [0.4, 0.5) is 21.0 Å². The zero-order chi connectivity index (χ0) is 79.8. The second-order valence-corrected chi connectivity index (χ2v) is 27.8. The monoisotopic (exact) mass is 1920 g/mol. The van der Waals surface area contributed by atoms with E-state index < -0.39 is 52.5 Å². The van der Waals surface area contributed by atoms with Crippen molar-refractivity contribution in [2.24, 2.45) is 10.8 Å². The van der Waals surface area contributed by atoms with Gasteiger partial charge < -0.3 is 50.5 Å². The van der Waals surface area contributed by atoms with Crippen LogP contribution in [0.1, 0.15) is 193 Å². The van der Waals surface area contributed by atoms with E-state index in [2.05, 4.69) is 183 Å². The zero-order valence-electron chi connectivity index (χ0n) is 60.0. The van der Waals surface area contributed by atoms with Crippen molar-refractivity contribution < 1.29 is 55.0 Å². The van der Waals surface area contributed by atoms with Crippen molar-refractivity contribution in [2.45, 2.75) is 174 Å². The SMILES string of the molecule is Brc1cnc(I)nc1.C.C.C.C1CCOC1.CC(N)c1ncc(Br)cn1.CC(N=[N+]=[N-])c1ncc(Br)cn1.CC(NC(=O)OC(C)(C)C)c1ncc(-c2cccc([N+](=O)[O-])c2)cn1.CC(NC(=O)OC(C)(C)C)c1ncc(Br)cn1.CC(O)c1ncc(Br)cn1.CC=O.O=[N+]([O-])c1cccc(B(O)O)c1.[2H]CC. The lowest BCUT2D eigenvalue weighted by molar-refractivity contribution is -0.385. The molecule has 1 aliphatic rings. The molecule has 1 aliphatic heterocycles. The Bertz CT molecular complexity index is 3770. The average molecular weight is 1930 g/mol. The molecule has 2 aromatic carbocycles. The summed E-state index contributed by atoms with van der Waals surface area (Å²) in [5.41, 5.74) is 13.8. The van der Waals surface area contributed by atoms with Crippen LogP contribution in [0.5, 0.6) is 0 Å². The fraction of sp³-hybridized carbons (Fsp3) is 0.418. The molecule has 0 saturated carbocycles. The van der Waals surface area contributed by atoms with Gasteiger partial charge >= 0.3 is 19.3 Å². The first-order valence-electron chi connectivity index (χ1n) is 31.4. The van der Waals surface area contributed by atoms with Gasteiger partial charge in [0.1, 0.15) is 46.9 Å². The number of carbonyl (C=O) groups excluding carboxylic acids is 3. The van der Waals surface area contributed by atoms with Crippen molar-refractivity contribution in [3.8, 4) is 11.1 Å². The maximum atomic E-state index is 11.8. The molecule has 33 nitrogen and oxygen atoms in total. The number of rotatable bonds is 12. The first-order chi connectivity index (χ1) is 49.3. The van der Waals surface area contributed by atoms with Gasteiger partial charge in [0.15, 0.2) is 9.66 Å². The molecule has 107 heavy (non-hydrogen) atoms. The number of azide groups is 1. The lowest BCUT2D eigenvalue weighted by Crippen LogP contribution is -2.34. The number of nitrogens with two attached hydrogens (primary N) is 1. The maximum absolute atomic E-state index is 11.8. The summed E-state index contributed by atoms with van der Waals surface area (Å²) in [6, 6.07) is 10.3. The minimum Gasteiger partial charge on any atom is -0.444 e. The van der Waals surface area contributed by atoms with Crippen molar-refractivity contribution in [1.29, 1.82) is 0 Å². The third-order valence-electron chi connectivity index (χ3n) is 11.0. The van der Waals surface area contributed by atoms with Crippen molar-refractivity contribution >= 4 is 145 Å². The second kappa shape index (κ2) is 58.3. The lowest BCUT2D eigenvalue weighted by Gasteiger charge is -2.21. The molecule has 0 spiro atoms. The van der Waals surface area contributed by atoms with E-state index in [1.54, 1.807) is 142 Å². The van der Waals surface area contributed by atoms with E-state index in [1.165, 1.54) is 50.1 Å². The number of benzene rings is 2. The molecule has 5 unspecified atom stereocenters. The van der Waals surface area contributed by atoms with Crippen LogP contribution in [0.15, 0.2) is 150 Å². The van der Waals surface area contributed by atoms with Crippen LogP contribution < -0.4 is 21.8 Å². The summed E-state index contributed by atoms with van der Waals surface area (Å²) in [4.78, 5) is 103. The van der Waals surface area contributed by atoms with Crippen LogP contribution in [0.3, 0.4) is 0 Å². The van der Waals surface area contributed by atoms with E-state index in [-0.39, 0.29) is 57.2 Å². The lowest BCUT2D eigenvalue weighted by atomic mass is 9.80. The molecule has 2 amide bonds. The number of nitro groups is 2. The summed E-state index contributed by atoms with van der Waals surface area (Å²) in [5.74, 6) is 2.60. The first kappa shape index (κ1) is 103. The molecule has 0 bridgehead atoms. The second-order valence-electron chi connectivity index (χ2n) is 22.2. The van der Waals surface area contributed by atoms with Crippen molar-refractivity contribution in [3.05, 3.63) is 209 Å². The van der Waals surface area contributed by atoms with Gasteiger partial charge in [0, 0.05) is 146 Å². The number of hydrogen-bond donors (Lipinski definition) is 6. The standard InChI is InChI=1S/C17H20N4O4.C11H16BrN3O2.C6H6BNO4.C6H6BrN5.C6H8BrN3.C6H7BrN2O.C4H2BrIN2.C4H8O.C2H4O.C2H6.3CH4/c1-11(20-16(22)25-17(2,3)4)15-18-9-13(10-19-15)12-6-5-7-14(8-12)21(23)24;1-7(9-13-5-8(12)6-14-9)15-10(16)17-11(2,3)4;9-7(10)5-2-1-3-6(4-5)8(11)12;1-4(11-12-8)6-9-2-5(7)3-10-6;1-4(8)6-9-2-5(7)3-10-6;1-4(10)6-8-2-5(7)3-9-6;5-3-1-7-4(6)8-2-3;1-2-4-5-3-1;1-2-3;1-2;;;/h5-11H,1-4H3,(H,20,22);5-7H,1-4H3,(H,15,16);1-4,9-10H;2-4H,1H3;2-4H,8H2,1H3;2-4,10H,1H3;1-2H;1-4H2;2H,1H3;1-2H3;3*1H4/i;;;;;;;;;1D;;;. The number of alkyl carbamates (subject to hydrolysis) is 2. The maximum Gasteiger partial charge on any atom is 0.488 e. The predicted octanol–water partition coefficient (Wildman–Crippen LogP) is 16.7. The largest absolute Gasteiger partial charge is 0.488 e. The average Bonchev–Trinajstić information content (AvgIpc) is 0.853. The van der Waals surface area contributed by atoms with Crippen LogP contribution in [0, 0.1) is 24.1 Å². The van der Waals surface area contributed by atoms with Gasteiger partial charge in [-0.1, -0.05) is 65.5 Å². The number of aldehydes is 1. The Morgan fingerprint density at radius 2 is 0.963 bits per heavy atom. The summed E-state index contributed by atoms with van der Waals surface area (Å²) in [6.45, 7) is 25.3. The highest BCUT2D eigenvalue weighted by molar-refractivity contribution is 14.1. The van der Waals surface area contributed by atoms with Gasteiger partial charge in [0.05, 0.1) is 56.4 Å². The van der Waals surface area contributed by atoms with Gasteiger partial charge in [-0.05, 0) is 192 Å². The molecule has 9 rings (SSSR count). The minimum absolute atomic E-state index is 0. The van der Waals surface area contributed by atoms with Crippen LogP contribution >= 0.6 is 102 Å². The number of halogens is 6. The molecule has 0 radical (unpaired) electrons. The number of nitro benzene ring substituents is 2. The molecule has 8 aromatic rings. The summed E-state index contributed by atoms with van der Waals surface area (Å²) in [7, 11) is -1.66. The molecular weight excluding hydrogens is 1830 g/mol. The van der Waals surface area contributed by atoms with Crippen LogP contribution in [-0.2, 0) is 19.0 Å². The summed E-state index contributed by atoms with van der Waals surface area (Å²) < 4.78 is 26.5. The van der Waals surface area contributed by atoms with Gasteiger partial charge in [-0.2, -0.15) is 0 Å². The molecule has 1 saturated heterocycles. The van der Waals surface area contributed by atoms with Gasteiger partial charge in [-0.15, -0.1) is 0 Å². The number of nitrogens with zero attached hydrogens (tertiary/aromatic N) is 17. The number of non-ortho nitro benzene ring substituents is 2. The highest BCUT2D eigenvalue weighted by atomic mass is 127. The third kappa shape index (κ3) is 50.5. The van der Waals surface area contributed by atoms with Crippen molar-refractivity contribution in [3.63, 3.8) is 0 Å². The Hall–Kier alpha value is -7.77. The topological polar surface area (TPSA) is 479 Å². The van der Waals surface area contributed by atoms with E-state index >= 15 is 0 Å². The molecule has 1 fully saturated rings. The minimum atomic E-state index is -1.66. The van der Waals surface area contributed by atoms with E-state index in [1.807, 2.05) is 27.7 Å². The highest BCUT2D eigenvalue weighted by Gasteiger charge is 2.22. The third-order valence-corrected chi connectivity index (χ3v) is 13.6. The Kier molecular flexibility index (Phi) is 56.3. The van der Waals surface area contributed by atoms with Crippen LogP contribution in [0.25, 0.3) is 21.6 Å². The number of nitrogens with one attached hydrogen (secondary N) is 2. The zero-order valence-corrected chi connectivity index (χ0v) is 69.1. The first-order valence-corrected chi connectivity index (χ1v) is 35.8. The van der Waals surface area contributed by atoms with Gasteiger partial charge in [0.25, 0.3) is 11.4 Å². The van der Waals surface area contributed by atoms with E-state index in [4.69, 9.17) is 46.8 Å².